The Morgan fingerprint density at radius 1 is 1.32 bits per heavy atom. The predicted octanol–water partition coefficient (Wildman–Crippen LogP) is 1.18. The lowest BCUT2D eigenvalue weighted by Crippen LogP contribution is -2.30. The van der Waals surface area contributed by atoms with Crippen molar-refractivity contribution in [3.8, 4) is 18.2 Å². The first-order chi connectivity index (χ1) is 8.89. The zero-order chi connectivity index (χ0) is 14.6. The molecule has 7 heteroatoms. The maximum atomic E-state index is 9.04. The maximum absolute atomic E-state index is 9.04. The average molecular weight is 257 g/mol. The number of nitrogens with two attached hydrogens (primary N) is 1. The first-order valence-corrected chi connectivity index (χ1v) is 5.23. The maximum Gasteiger partial charge on any atom is 0.304 e. The van der Waals surface area contributed by atoms with Gasteiger partial charge in [-0.25, -0.2) is 0 Å². The molecular formula is C12H11N5O2. The summed E-state index contributed by atoms with van der Waals surface area (Å²) >= 11 is 0. The normalized spacial score (nSPS) is 20.7. The minimum atomic E-state index is -1.56. The smallest absolute Gasteiger partial charge is 0.304 e. The molecule has 7 nitrogen and oxygen atoms in total. The van der Waals surface area contributed by atoms with Crippen LogP contribution >= 0.6 is 0 Å². The Morgan fingerprint density at radius 3 is 2.32 bits per heavy atom. The minimum absolute atomic E-state index is 0.0116. The number of hydrogen-bond acceptors (Lipinski definition) is 7. The van der Waals surface area contributed by atoms with E-state index in [2.05, 4.69) is 5.16 Å². The highest BCUT2D eigenvalue weighted by Gasteiger charge is 2.47. The Bertz CT molecular complexity index is 604. The molecule has 19 heavy (non-hydrogen) atoms. The van der Waals surface area contributed by atoms with E-state index in [9.17, 15) is 0 Å². The van der Waals surface area contributed by atoms with Crippen LogP contribution in [0.2, 0.25) is 0 Å². The molecule has 1 aliphatic heterocycles. The number of oxime groups is 1. The van der Waals surface area contributed by atoms with Crippen molar-refractivity contribution >= 4 is 5.71 Å². The summed E-state index contributed by atoms with van der Waals surface area (Å²) in [5, 5.41) is 30.7. The number of nitrogens with zero attached hydrogens (tertiary/aromatic N) is 4. The van der Waals surface area contributed by atoms with Gasteiger partial charge in [-0.15, -0.1) is 0 Å². The summed E-state index contributed by atoms with van der Waals surface area (Å²) in [5.74, 6) is -1.76. The summed E-state index contributed by atoms with van der Waals surface area (Å²) in [6.45, 7) is 4.82. The molecule has 1 aliphatic rings. The van der Waals surface area contributed by atoms with Gasteiger partial charge in [-0.05, 0) is 13.8 Å². The van der Waals surface area contributed by atoms with E-state index < -0.39 is 5.79 Å². The molecule has 0 aromatic rings. The molecule has 96 valence electrons. The van der Waals surface area contributed by atoms with E-state index in [-0.39, 0.29) is 22.6 Å². The van der Waals surface area contributed by atoms with Gasteiger partial charge >= 0.3 is 5.79 Å². The molecule has 0 spiro atoms. The SMILES string of the molecule is CC(C)=NO[C@@]1(C)OC(N)=C(C#N)C1=C(C#N)C#N. The standard InChI is InChI=1S/C12H11N5O2/c1-7(2)17-19-12(3)10(8(4-13)5-14)9(6-15)11(16)18-12/h16H2,1-3H3/t12-/m1/s1. The third kappa shape index (κ3) is 2.48. The Labute approximate surface area is 110 Å². The third-order valence-corrected chi connectivity index (χ3v) is 2.24. The topological polar surface area (TPSA) is 128 Å². The van der Waals surface area contributed by atoms with Gasteiger partial charge < -0.3 is 15.3 Å². The number of ether oxygens (including phenoxy) is 1. The molecule has 0 unspecified atom stereocenters. The van der Waals surface area contributed by atoms with Crippen molar-refractivity contribution in [3.63, 3.8) is 0 Å². The van der Waals surface area contributed by atoms with Gasteiger partial charge in [0.2, 0.25) is 5.88 Å². The van der Waals surface area contributed by atoms with Crippen LogP contribution in [0.5, 0.6) is 0 Å². The van der Waals surface area contributed by atoms with Crippen LogP contribution in [0, 0.1) is 34.0 Å². The van der Waals surface area contributed by atoms with E-state index in [0.29, 0.717) is 5.71 Å². The summed E-state index contributed by atoms with van der Waals surface area (Å²) in [6, 6.07) is 5.18. The second kappa shape index (κ2) is 5.12. The van der Waals surface area contributed by atoms with E-state index in [1.54, 1.807) is 32.1 Å². The first-order valence-electron chi connectivity index (χ1n) is 5.23. The van der Waals surface area contributed by atoms with Gasteiger partial charge in [0.25, 0.3) is 0 Å². The molecule has 1 atom stereocenters. The van der Waals surface area contributed by atoms with Crippen LogP contribution in [-0.2, 0) is 9.57 Å². The molecular weight excluding hydrogens is 246 g/mol. The van der Waals surface area contributed by atoms with E-state index in [4.69, 9.17) is 31.1 Å². The fourth-order valence-electron chi connectivity index (χ4n) is 1.50. The van der Waals surface area contributed by atoms with Gasteiger partial charge in [0.05, 0.1) is 11.3 Å². The highest BCUT2D eigenvalue weighted by molar-refractivity contribution is 5.78. The fourth-order valence-corrected chi connectivity index (χ4v) is 1.50. The van der Waals surface area contributed by atoms with Crippen LogP contribution in [-0.4, -0.2) is 11.5 Å². The van der Waals surface area contributed by atoms with Crippen molar-refractivity contribution in [1.29, 1.82) is 15.8 Å². The Hall–Kier alpha value is -2.98. The van der Waals surface area contributed by atoms with Gasteiger partial charge in [0, 0.05) is 6.92 Å². The molecule has 1 heterocycles. The van der Waals surface area contributed by atoms with E-state index >= 15 is 0 Å². The predicted molar refractivity (Wildman–Crippen MR) is 64.4 cm³/mol. The fraction of sp³-hybridized carbons (Fsp3) is 0.333. The lowest BCUT2D eigenvalue weighted by atomic mass is 9.97. The van der Waals surface area contributed by atoms with Crippen molar-refractivity contribution in [2.75, 3.05) is 0 Å². The van der Waals surface area contributed by atoms with E-state index in [0.717, 1.165) is 0 Å². The molecule has 0 saturated heterocycles. The molecule has 0 bridgehead atoms. The second-order valence-electron chi connectivity index (χ2n) is 4.00. The van der Waals surface area contributed by atoms with Gasteiger partial charge in [0.1, 0.15) is 29.4 Å². The van der Waals surface area contributed by atoms with Crippen LogP contribution in [0.3, 0.4) is 0 Å². The van der Waals surface area contributed by atoms with E-state index in [1.165, 1.54) is 6.92 Å². The van der Waals surface area contributed by atoms with Crippen molar-refractivity contribution in [2.24, 2.45) is 10.9 Å². The summed E-state index contributed by atoms with van der Waals surface area (Å²) in [4.78, 5) is 5.18. The average Bonchev–Trinajstić information content (AvgIpc) is 2.61. The zero-order valence-electron chi connectivity index (χ0n) is 10.7. The molecule has 0 aromatic heterocycles. The Kier molecular flexibility index (Phi) is 3.79. The highest BCUT2D eigenvalue weighted by atomic mass is 16.8. The van der Waals surface area contributed by atoms with Crippen molar-refractivity contribution in [3.05, 3.63) is 22.6 Å². The first kappa shape index (κ1) is 14.1. The van der Waals surface area contributed by atoms with Crippen LogP contribution in [0.15, 0.2) is 27.8 Å². The molecule has 0 amide bonds. The van der Waals surface area contributed by atoms with Crippen molar-refractivity contribution in [1.82, 2.24) is 0 Å². The van der Waals surface area contributed by atoms with E-state index in [1.807, 2.05) is 0 Å². The van der Waals surface area contributed by atoms with Gasteiger partial charge in [-0.2, -0.15) is 15.8 Å². The van der Waals surface area contributed by atoms with Crippen LogP contribution in [0.4, 0.5) is 0 Å². The lowest BCUT2D eigenvalue weighted by molar-refractivity contribution is -0.165. The molecule has 0 aromatic carbocycles. The molecule has 2 N–H and O–H groups in total. The van der Waals surface area contributed by atoms with Crippen LogP contribution in [0.1, 0.15) is 20.8 Å². The summed E-state index contributed by atoms with van der Waals surface area (Å²) in [5.41, 5.74) is 5.76. The summed E-state index contributed by atoms with van der Waals surface area (Å²) in [6.07, 6.45) is 0. The summed E-state index contributed by atoms with van der Waals surface area (Å²) < 4.78 is 5.25. The molecule has 0 fully saturated rings. The van der Waals surface area contributed by atoms with Crippen LogP contribution in [0.25, 0.3) is 0 Å². The molecule has 0 aliphatic carbocycles. The van der Waals surface area contributed by atoms with Gasteiger partial charge in [-0.3, -0.25) is 0 Å². The minimum Gasteiger partial charge on any atom is -0.430 e. The molecule has 0 radical (unpaired) electrons. The van der Waals surface area contributed by atoms with Crippen LogP contribution < -0.4 is 5.73 Å². The number of rotatable bonds is 2. The molecule has 1 rings (SSSR count). The number of nitriles is 3. The highest BCUT2D eigenvalue weighted by Crippen LogP contribution is 2.39. The Morgan fingerprint density at radius 2 is 1.89 bits per heavy atom. The molecule has 0 saturated carbocycles. The lowest BCUT2D eigenvalue weighted by Gasteiger charge is -2.23. The number of hydrogen-bond donors (Lipinski definition) is 1. The Balaban J connectivity index is 3.45. The monoisotopic (exact) mass is 257 g/mol. The number of allylic oxidation sites excluding steroid dienone is 1. The van der Waals surface area contributed by atoms with Crippen molar-refractivity contribution < 1.29 is 9.57 Å². The summed E-state index contributed by atoms with van der Waals surface area (Å²) in [7, 11) is 0. The van der Waals surface area contributed by atoms with Gasteiger partial charge in [0.15, 0.2) is 0 Å². The largest absolute Gasteiger partial charge is 0.430 e. The zero-order valence-corrected chi connectivity index (χ0v) is 10.7. The quantitative estimate of drug-likeness (QED) is 0.449. The van der Waals surface area contributed by atoms with Gasteiger partial charge in [-0.1, -0.05) is 5.16 Å². The second-order valence-corrected chi connectivity index (χ2v) is 4.00. The van der Waals surface area contributed by atoms with Crippen molar-refractivity contribution in [2.45, 2.75) is 26.6 Å². The third-order valence-electron chi connectivity index (χ3n) is 2.24.